The molecule has 2 rings (SSSR count). The lowest BCUT2D eigenvalue weighted by Crippen LogP contribution is -3.14. The van der Waals surface area contributed by atoms with Crippen LogP contribution in [-0.2, 0) is 4.74 Å². The highest BCUT2D eigenvalue weighted by Crippen LogP contribution is 2.03. The average molecular weight is 250 g/mol. The van der Waals surface area contributed by atoms with Crippen molar-refractivity contribution in [2.24, 2.45) is 0 Å². The Morgan fingerprint density at radius 1 is 1.22 bits per heavy atom. The number of para-hydroxylation sites is 1. The molecule has 0 radical (unpaired) electrons. The Kier molecular flexibility index (Phi) is 4.99. The Balaban J connectivity index is 1.62. The first-order chi connectivity index (χ1) is 8.84. The summed E-state index contributed by atoms with van der Waals surface area (Å²) in [6, 6.07) is 9.31. The number of rotatable bonds is 4. The van der Waals surface area contributed by atoms with Crippen molar-refractivity contribution in [3.8, 4) is 0 Å². The van der Waals surface area contributed by atoms with Crippen molar-refractivity contribution in [1.82, 2.24) is 5.32 Å². The molecular formula is C13H20N3O2+. The van der Waals surface area contributed by atoms with E-state index < -0.39 is 0 Å². The van der Waals surface area contributed by atoms with Gasteiger partial charge in [-0.05, 0) is 12.1 Å². The monoisotopic (exact) mass is 250 g/mol. The first-order valence-electron chi connectivity index (χ1n) is 6.36. The van der Waals surface area contributed by atoms with E-state index in [1.807, 2.05) is 30.3 Å². The summed E-state index contributed by atoms with van der Waals surface area (Å²) < 4.78 is 5.29. The highest BCUT2D eigenvalue weighted by molar-refractivity contribution is 5.89. The molecule has 0 bridgehead atoms. The van der Waals surface area contributed by atoms with Gasteiger partial charge in [0.25, 0.3) is 0 Å². The minimum absolute atomic E-state index is 0.145. The van der Waals surface area contributed by atoms with Crippen molar-refractivity contribution in [1.29, 1.82) is 0 Å². The van der Waals surface area contributed by atoms with Gasteiger partial charge in [0.1, 0.15) is 13.1 Å². The molecule has 5 nitrogen and oxygen atoms in total. The van der Waals surface area contributed by atoms with E-state index in [1.165, 1.54) is 4.90 Å². The van der Waals surface area contributed by atoms with Gasteiger partial charge < -0.3 is 20.3 Å². The molecule has 0 saturated carbocycles. The summed E-state index contributed by atoms with van der Waals surface area (Å²) in [6.45, 7) is 5.35. The van der Waals surface area contributed by atoms with Crippen molar-refractivity contribution in [3.05, 3.63) is 30.3 Å². The van der Waals surface area contributed by atoms with Gasteiger partial charge in [-0.25, -0.2) is 4.79 Å². The molecule has 1 aliphatic heterocycles. The molecule has 3 N–H and O–H groups in total. The second-order valence-corrected chi connectivity index (χ2v) is 4.36. The fourth-order valence-corrected chi connectivity index (χ4v) is 1.96. The molecule has 1 saturated heterocycles. The van der Waals surface area contributed by atoms with Gasteiger partial charge in [0, 0.05) is 5.69 Å². The Morgan fingerprint density at radius 3 is 2.67 bits per heavy atom. The Hall–Kier alpha value is -1.59. The van der Waals surface area contributed by atoms with Gasteiger partial charge in [0.05, 0.1) is 26.3 Å². The van der Waals surface area contributed by atoms with Crippen LogP contribution in [0.5, 0.6) is 0 Å². The molecule has 1 heterocycles. The van der Waals surface area contributed by atoms with Gasteiger partial charge in [-0.2, -0.15) is 0 Å². The lowest BCUT2D eigenvalue weighted by Gasteiger charge is -2.23. The van der Waals surface area contributed by atoms with Gasteiger partial charge in [-0.15, -0.1) is 0 Å². The summed E-state index contributed by atoms with van der Waals surface area (Å²) in [7, 11) is 0. The SMILES string of the molecule is O=C(NCC[NH+]1CCOCC1)Nc1ccccc1. The topological polar surface area (TPSA) is 54.8 Å². The molecule has 0 unspecified atom stereocenters. The average Bonchev–Trinajstić information content (AvgIpc) is 2.41. The summed E-state index contributed by atoms with van der Waals surface area (Å²) in [4.78, 5) is 13.1. The third-order valence-corrected chi connectivity index (χ3v) is 3.00. The van der Waals surface area contributed by atoms with Crippen LogP contribution in [0.25, 0.3) is 0 Å². The molecule has 5 heteroatoms. The van der Waals surface area contributed by atoms with E-state index in [4.69, 9.17) is 4.74 Å². The van der Waals surface area contributed by atoms with Crippen LogP contribution in [0.1, 0.15) is 0 Å². The molecular weight excluding hydrogens is 230 g/mol. The Morgan fingerprint density at radius 2 is 1.94 bits per heavy atom. The van der Waals surface area contributed by atoms with E-state index in [9.17, 15) is 4.79 Å². The standard InChI is InChI=1S/C13H19N3O2/c17-13(15-12-4-2-1-3-5-12)14-6-7-16-8-10-18-11-9-16/h1-5H,6-11H2,(H2,14,15,17)/p+1. The number of carbonyl (C=O) groups excluding carboxylic acids is 1. The lowest BCUT2D eigenvalue weighted by molar-refractivity contribution is -0.906. The molecule has 0 atom stereocenters. The largest absolute Gasteiger partial charge is 0.370 e. The van der Waals surface area contributed by atoms with Crippen LogP contribution in [0, 0.1) is 0 Å². The Labute approximate surface area is 107 Å². The second kappa shape index (κ2) is 6.98. The highest BCUT2D eigenvalue weighted by Gasteiger charge is 2.13. The van der Waals surface area contributed by atoms with Crippen LogP contribution in [0.2, 0.25) is 0 Å². The number of morpholine rings is 1. The van der Waals surface area contributed by atoms with Crippen molar-refractivity contribution >= 4 is 11.7 Å². The van der Waals surface area contributed by atoms with Crippen molar-refractivity contribution in [2.45, 2.75) is 0 Å². The van der Waals surface area contributed by atoms with Gasteiger partial charge in [0.15, 0.2) is 0 Å². The summed E-state index contributed by atoms with van der Waals surface area (Å²) in [5.74, 6) is 0. The lowest BCUT2D eigenvalue weighted by atomic mass is 10.3. The van der Waals surface area contributed by atoms with Crippen LogP contribution in [0.3, 0.4) is 0 Å². The zero-order chi connectivity index (χ0) is 12.6. The van der Waals surface area contributed by atoms with E-state index in [0.29, 0.717) is 6.54 Å². The summed E-state index contributed by atoms with van der Waals surface area (Å²) in [5.41, 5.74) is 0.814. The summed E-state index contributed by atoms with van der Waals surface area (Å²) in [5, 5.41) is 5.66. The third-order valence-electron chi connectivity index (χ3n) is 3.00. The number of benzene rings is 1. The maximum atomic E-state index is 11.6. The number of hydrogen-bond donors (Lipinski definition) is 3. The zero-order valence-corrected chi connectivity index (χ0v) is 10.4. The first-order valence-corrected chi connectivity index (χ1v) is 6.36. The maximum Gasteiger partial charge on any atom is 0.319 e. The maximum absolute atomic E-state index is 11.6. The van der Waals surface area contributed by atoms with E-state index in [2.05, 4.69) is 10.6 Å². The van der Waals surface area contributed by atoms with Crippen LogP contribution < -0.4 is 15.5 Å². The van der Waals surface area contributed by atoms with Crippen LogP contribution in [0.4, 0.5) is 10.5 Å². The number of carbonyl (C=O) groups is 1. The first kappa shape index (κ1) is 12.9. The quantitative estimate of drug-likeness (QED) is 0.688. The number of nitrogens with one attached hydrogen (secondary N) is 3. The number of ether oxygens (including phenoxy) is 1. The molecule has 2 amide bonds. The van der Waals surface area contributed by atoms with E-state index in [-0.39, 0.29) is 6.03 Å². The van der Waals surface area contributed by atoms with Gasteiger partial charge >= 0.3 is 6.03 Å². The number of anilines is 1. The molecule has 18 heavy (non-hydrogen) atoms. The predicted molar refractivity (Wildman–Crippen MR) is 69.8 cm³/mol. The van der Waals surface area contributed by atoms with Gasteiger partial charge in [-0.3, -0.25) is 0 Å². The second-order valence-electron chi connectivity index (χ2n) is 4.36. The van der Waals surface area contributed by atoms with E-state index in [1.54, 1.807) is 0 Å². The van der Waals surface area contributed by atoms with Crippen LogP contribution in [-0.4, -0.2) is 45.4 Å². The zero-order valence-electron chi connectivity index (χ0n) is 10.4. The Bertz CT molecular complexity index is 364. The fourth-order valence-electron chi connectivity index (χ4n) is 1.96. The van der Waals surface area contributed by atoms with Crippen molar-refractivity contribution in [2.75, 3.05) is 44.7 Å². The predicted octanol–water partition coefficient (Wildman–Crippen LogP) is -0.277. The minimum Gasteiger partial charge on any atom is -0.370 e. The molecule has 1 fully saturated rings. The molecule has 98 valence electrons. The van der Waals surface area contributed by atoms with Crippen molar-refractivity contribution < 1.29 is 14.4 Å². The molecule has 0 aliphatic carbocycles. The molecule has 0 aromatic heterocycles. The van der Waals surface area contributed by atoms with Crippen molar-refractivity contribution in [3.63, 3.8) is 0 Å². The normalized spacial score (nSPS) is 16.2. The number of quaternary nitrogens is 1. The fraction of sp³-hybridized carbons (Fsp3) is 0.462. The smallest absolute Gasteiger partial charge is 0.319 e. The molecule has 1 aromatic carbocycles. The van der Waals surface area contributed by atoms with Gasteiger partial charge in [0.2, 0.25) is 0 Å². The minimum atomic E-state index is -0.145. The summed E-state index contributed by atoms with van der Waals surface area (Å²) >= 11 is 0. The van der Waals surface area contributed by atoms with Crippen LogP contribution >= 0.6 is 0 Å². The number of urea groups is 1. The molecule has 0 spiro atoms. The third kappa shape index (κ3) is 4.35. The molecule has 1 aliphatic rings. The molecule has 1 aromatic rings. The van der Waals surface area contributed by atoms with E-state index in [0.717, 1.165) is 38.5 Å². The van der Waals surface area contributed by atoms with E-state index >= 15 is 0 Å². The van der Waals surface area contributed by atoms with Gasteiger partial charge in [-0.1, -0.05) is 18.2 Å². The number of hydrogen-bond acceptors (Lipinski definition) is 2. The van der Waals surface area contributed by atoms with Crippen LogP contribution in [0.15, 0.2) is 30.3 Å². The summed E-state index contributed by atoms with van der Waals surface area (Å²) in [6.07, 6.45) is 0. The highest BCUT2D eigenvalue weighted by atomic mass is 16.5. The number of amides is 2.